The van der Waals surface area contributed by atoms with Gasteiger partial charge in [0.05, 0.1) is 0 Å². The van der Waals surface area contributed by atoms with Crippen LogP contribution in [0.1, 0.15) is 28.1 Å². The second-order valence-electron chi connectivity index (χ2n) is 4.56. The van der Waals surface area contributed by atoms with Gasteiger partial charge in [-0.25, -0.2) is 4.98 Å². The van der Waals surface area contributed by atoms with Gasteiger partial charge < -0.3 is 10.7 Å². The molecule has 2 rings (SSSR count). The first-order valence-electron chi connectivity index (χ1n) is 5.93. The molecule has 0 radical (unpaired) electrons. The number of hydrogen-bond acceptors (Lipinski definition) is 3. The van der Waals surface area contributed by atoms with Crippen molar-refractivity contribution in [2.45, 2.75) is 26.8 Å². The number of hydrogen-bond donors (Lipinski definition) is 2. The fourth-order valence-corrected chi connectivity index (χ4v) is 2.06. The van der Waals surface area contributed by atoms with E-state index in [0.29, 0.717) is 17.8 Å². The third-order valence-electron chi connectivity index (χ3n) is 2.80. The minimum Gasteiger partial charge on any atom is -0.326 e. The fraction of sp³-hybridized carbons (Fsp3) is 0.286. The number of benzene rings is 1. The smallest absolute Gasteiger partial charge is 0.255 e. The van der Waals surface area contributed by atoms with Crippen LogP contribution in [0.3, 0.4) is 0 Å². The Hall–Kier alpha value is -1.94. The molecule has 94 valence electrons. The van der Waals surface area contributed by atoms with Crippen molar-refractivity contribution in [2.75, 3.05) is 0 Å². The second kappa shape index (κ2) is 5.14. The highest BCUT2D eigenvalue weighted by Crippen LogP contribution is 2.11. The largest absolute Gasteiger partial charge is 0.326 e. The molecule has 2 aromatic rings. The quantitative estimate of drug-likeness (QED) is 0.856. The number of aromatic amines is 1. The van der Waals surface area contributed by atoms with E-state index in [1.54, 1.807) is 6.20 Å². The van der Waals surface area contributed by atoms with Crippen molar-refractivity contribution < 1.29 is 0 Å². The number of nitrogens with two attached hydrogens (primary N) is 1. The van der Waals surface area contributed by atoms with Gasteiger partial charge >= 0.3 is 0 Å². The molecule has 4 nitrogen and oxygen atoms in total. The summed E-state index contributed by atoms with van der Waals surface area (Å²) in [4.78, 5) is 18.6. The van der Waals surface area contributed by atoms with Crippen molar-refractivity contribution in [3.8, 4) is 0 Å². The number of H-pyrrole nitrogens is 1. The van der Waals surface area contributed by atoms with Gasteiger partial charge in [0.25, 0.3) is 5.56 Å². The van der Waals surface area contributed by atoms with E-state index in [1.807, 2.05) is 0 Å². The molecule has 0 aliphatic heterocycles. The first-order chi connectivity index (χ1) is 8.58. The summed E-state index contributed by atoms with van der Waals surface area (Å²) in [5, 5.41) is 0. The summed E-state index contributed by atoms with van der Waals surface area (Å²) in [5.74, 6) is 0.669. The third-order valence-corrected chi connectivity index (χ3v) is 2.80. The Morgan fingerprint density at radius 2 is 1.89 bits per heavy atom. The van der Waals surface area contributed by atoms with Gasteiger partial charge in [-0.2, -0.15) is 0 Å². The van der Waals surface area contributed by atoms with Gasteiger partial charge in [0.2, 0.25) is 0 Å². The lowest BCUT2D eigenvalue weighted by molar-refractivity contribution is 0.896. The van der Waals surface area contributed by atoms with E-state index in [0.717, 1.165) is 5.56 Å². The molecule has 0 aliphatic carbocycles. The maximum Gasteiger partial charge on any atom is 0.255 e. The zero-order valence-electron chi connectivity index (χ0n) is 10.7. The van der Waals surface area contributed by atoms with E-state index in [2.05, 4.69) is 42.0 Å². The summed E-state index contributed by atoms with van der Waals surface area (Å²) in [6, 6.07) is 6.32. The molecule has 0 saturated heterocycles. The van der Waals surface area contributed by atoms with Gasteiger partial charge in [-0.3, -0.25) is 4.79 Å². The normalized spacial score (nSPS) is 10.6. The highest BCUT2D eigenvalue weighted by atomic mass is 16.1. The molecule has 0 aliphatic rings. The maximum atomic E-state index is 11.6. The lowest BCUT2D eigenvalue weighted by Crippen LogP contribution is -2.18. The van der Waals surface area contributed by atoms with Crippen LogP contribution in [0.4, 0.5) is 0 Å². The first-order valence-corrected chi connectivity index (χ1v) is 5.93. The molecule has 1 aromatic carbocycles. The lowest BCUT2D eigenvalue weighted by Gasteiger charge is -2.05. The highest BCUT2D eigenvalue weighted by molar-refractivity contribution is 5.30. The van der Waals surface area contributed by atoms with Crippen molar-refractivity contribution >= 4 is 0 Å². The minimum atomic E-state index is -0.146. The van der Waals surface area contributed by atoms with Crippen LogP contribution >= 0.6 is 0 Å². The van der Waals surface area contributed by atoms with Crippen LogP contribution in [0.25, 0.3) is 0 Å². The molecule has 0 spiro atoms. The van der Waals surface area contributed by atoms with Crippen molar-refractivity contribution in [1.29, 1.82) is 0 Å². The van der Waals surface area contributed by atoms with Crippen LogP contribution < -0.4 is 11.3 Å². The topological polar surface area (TPSA) is 71.8 Å². The van der Waals surface area contributed by atoms with E-state index in [9.17, 15) is 4.79 Å². The molecule has 1 aromatic heterocycles. The molecule has 0 atom stereocenters. The molecule has 3 N–H and O–H groups in total. The summed E-state index contributed by atoms with van der Waals surface area (Å²) < 4.78 is 0. The van der Waals surface area contributed by atoms with Crippen molar-refractivity contribution in [2.24, 2.45) is 5.73 Å². The third kappa shape index (κ3) is 2.84. The van der Waals surface area contributed by atoms with E-state index >= 15 is 0 Å². The summed E-state index contributed by atoms with van der Waals surface area (Å²) >= 11 is 0. The second-order valence-corrected chi connectivity index (χ2v) is 4.56. The van der Waals surface area contributed by atoms with Crippen LogP contribution in [-0.4, -0.2) is 9.97 Å². The van der Waals surface area contributed by atoms with Crippen molar-refractivity contribution in [1.82, 2.24) is 9.97 Å². The van der Waals surface area contributed by atoms with E-state index in [-0.39, 0.29) is 12.1 Å². The van der Waals surface area contributed by atoms with Crippen LogP contribution in [0.2, 0.25) is 0 Å². The Morgan fingerprint density at radius 3 is 2.44 bits per heavy atom. The predicted octanol–water partition coefficient (Wildman–Crippen LogP) is 1.44. The number of aromatic nitrogens is 2. The molecular weight excluding hydrogens is 226 g/mol. The molecule has 4 heteroatoms. The fourth-order valence-electron chi connectivity index (χ4n) is 2.06. The van der Waals surface area contributed by atoms with Gasteiger partial charge in [-0.15, -0.1) is 0 Å². The Labute approximate surface area is 106 Å². The zero-order chi connectivity index (χ0) is 13.1. The average molecular weight is 243 g/mol. The number of rotatable bonds is 3. The first kappa shape index (κ1) is 12.5. The van der Waals surface area contributed by atoms with Crippen LogP contribution in [-0.2, 0) is 13.0 Å². The van der Waals surface area contributed by atoms with Gasteiger partial charge in [0, 0.05) is 24.7 Å². The molecule has 18 heavy (non-hydrogen) atoms. The maximum absolute atomic E-state index is 11.6. The van der Waals surface area contributed by atoms with Crippen LogP contribution in [0.5, 0.6) is 0 Å². The number of nitrogens with zero attached hydrogens (tertiary/aromatic N) is 1. The molecule has 0 amide bonds. The summed E-state index contributed by atoms with van der Waals surface area (Å²) in [6.07, 6.45) is 2.18. The van der Waals surface area contributed by atoms with Gasteiger partial charge in [-0.05, 0) is 19.4 Å². The number of aryl methyl sites for hydroxylation is 2. The predicted molar refractivity (Wildman–Crippen MR) is 71.5 cm³/mol. The molecule has 1 heterocycles. The summed E-state index contributed by atoms with van der Waals surface area (Å²) in [7, 11) is 0. The molecular formula is C14H17N3O. The minimum absolute atomic E-state index is 0.146. The Balaban J connectivity index is 2.28. The Bertz CT molecular complexity index is 596. The molecule has 0 fully saturated rings. The Kier molecular flexibility index (Phi) is 3.58. The van der Waals surface area contributed by atoms with Crippen LogP contribution in [0, 0.1) is 13.8 Å². The van der Waals surface area contributed by atoms with E-state index in [4.69, 9.17) is 5.73 Å². The highest BCUT2D eigenvalue weighted by Gasteiger charge is 2.03. The van der Waals surface area contributed by atoms with Crippen molar-refractivity contribution in [3.63, 3.8) is 0 Å². The van der Waals surface area contributed by atoms with Gasteiger partial charge in [0.15, 0.2) is 0 Å². The Morgan fingerprint density at radius 1 is 1.22 bits per heavy atom. The van der Waals surface area contributed by atoms with Gasteiger partial charge in [-0.1, -0.05) is 29.3 Å². The standard InChI is InChI=1S/C14H17N3O/c1-9-3-10(2)5-11(4-9)6-13-16-8-12(7-15)14(18)17-13/h3-5,8H,6-7,15H2,1-2H3,(H,16,17,18). The lowest BCUT2D eigenvalue weighted by atomic mass is 10.0. The molecule has 0 bridgehead atoms. The van der Waals surface area contributed by atoms with Crippen LogP contribution in [0.15, 0.2) is 29.2 Å². The number of nitrogens with one attached hydrogen (secondary N) is 1. The summed E-state index contributed by atoms with van der Waals surface area (Å²) in [5.41, 5.74) is 9.38. The zero-order valence-corrected chi connectivity index (χ0v) is 10.7. The van der Waals surface area contributed by atoms with Gasteiger partial charge in [0.1, 0.15) is 5.82 Å². The molecule has 0 saturated carbocycles. The van der Waals surface area contributed by atoms with Crippen molar-refractivity contribution in [3.05, 3.63) is 62.8 Å². The van der Waals surface area contributed by atoms with E-state index < -0.39 is 0 Å². The average Bonchev–Trinajstić information content (AvgIpc) is 2.27. The van der Waals surface area contributed by atoms with E-state index in [1.165, 1.54) is 11.1 Å². The summed E-state index contributed by atoms with van der Waals surface area (Å²) in [6.45, 7) is 4.33. The SMILES string of the molecule is Cc1cc(C)cc(Cc2ncc(CN)c(=O)[nH]2)c1. The monoisotopic (exact) mass is 243 g/mol. The molecule has 0 unspecified atom stereocenters.